The molecule has 0 atom stereocenters. The number of nitrogens with one attached hydrogen (secondary N) is 1. The molecule has 0 aromatic heterocycles. The van der Waals surface area contributed by atoms with E-state index >= 15 is 0 Å². The second-order valence-corrected chi connectivity index (χ2v) is 4.84. The molecule has 1 rings (SSSR count). The molecule has 1 saturated carbocycles. The molecule has 14 heavy (non-hydrogen) atoms. The number of hydrogen-bond acceptors (Lipinski definition) is 2. The fraction of sp³-hybridized carbons (Fsp3) is 0.917. The van der Waals surface area contributed by atoms with E-state index in [1.54, 1.807) is 0 Å². The first kappa shape index (κ1) is 11.5. The number of nitriles is 1. The Hall–Kier alpha value is -0.550. The van der Waals surface area contributed by atoms with Crippen LogP contribution in [0.1, 0.15) is 52.9 Å². The summed E-state index contributed by atoms with van der Waals surface area (Å²) in [5.74, 6) is 0.852. The second kappa shape index (κ2) is 4.79. The van der Waals surface area contributed by atoms with Gasteiger partial charge in [0.15, 0.2) is 0 Å². The van der Waals surface area contributed by atoms with Gasteiger partial charge >= 0.3 is 0 Å². The minimum Gasteiger partial charge on any atom is -0.297 e. The summed E-state index contributed by atoms with van der Waals surface area (Å²) >= 11 is 0. The number of rotatable bonds is 3. The van der Waals surface area contributed by atoms with Crippen LogP contribution in [-0.2, 0) is 0 Å². The van der Waals surface area contributed by atoms with Gasteiger partial charge in [0.1, 0.15) is 5.54 Å². The van der Waals surface area contributed by atoms with Crippen LogP contribution in [0.15, 0.2) is 0 Å². The van der Waals surface area contributed by atoms with Crippen molar-refractivity contribution < 1.29 is 0 Å². The molecule has 0 unspecified atom stereocenters. The van der Waals surface area contributed by atoms with Crippen LogP contribution in [-0.4, -0.2) is 11.6 Å². The number of nitrogens with zero attached hydrogens (tertiary/aromatic N) is 1. The molecule has 0 heterocycles. The molecule has 1 fully saturated rings. The molecular formula is C12H22N2. The monoisotopic (exact) mass is 194 g/mol. The summed E-state index contributed by atoms with van der Waals surface area (Å²) in [6.45, 7) is 6.48. The van der Waals surface area contributed by atoms with Crippen molar-refractivity contribution in [2.45, 2.75) is 64.5 Å². The van der Waals surface area contributed by atoms with Gasteiger partial charge in [-0.05, 0) is 45.4 Å². The van der Waals surface area contributed by atoms with Gasteiger partial charge in [0, 0.05) is 6.04 Å². The predicted octanol–water partition coefficient (Wildman–Crippen LogP) is 2.85. The molecule has 80 valence electrons. The van der Waals surface area contributed by atoms with Crippen LogP contribution in [0.5, 0.6) is 0 Å². The molecule has 2 heteroatoms. The molecule has 1 N–H and O–H groups in total. The molecule has 0 aromatic carbocycles. The molecular weight excluding hydrogens is 172 g/mol. The Labute approximate surface area is 87.7 Å². The SMILES string of the molecule is CCC1CCC(C#N)(NC(C)C)CC1. The van der Waals surface area contributed by atoms with E-state index in [-0.39, 0.29) is 5.54 Å². The smallest absolute Gasteiger partial charge is 0.106 e. The lowest BCUT2D eigenvalue weighted by Crippen LogP contribution is -2.49. The maximum Gasteiger partial charge on any atom is 0.106 e. The van der Waals surface area contributed by atoms with Crippen LogP contribution >= 0.6 is 0 Å². The maximum atomic E-state index is 9.24. The van der Waals surface area contributed by atoms with Crippen molar-refractivity contribution in [3.8, 4) is 6.07 Å². The molecule has 2 nitrogen and oxygen atoms in total. The van der Waals surface area contributed by atoms with E-state index in [0.29, 0.717) is 6.04 Å². The molecule has 0 aromatic rings. The Morgan fingerprint density at radius 2 is 2.00 bits per heavy atom. The summed E-state index contributed by atoms with van der Waals surface area (Å²) in [5, 5.41) is 12.7. The van der Waals surface area contributed by atoms with E-state index in [1.807, 2.05) is 0 Å². The topological polar surface area (TPSA) is 35.8 Å². The van der Waals surface area contributed by atoms with Crippen molar-refractivity contribution >= 4 is 0 Å². The predicted molar refractivity (Wildman–Crippen MR) is 58.9 cm³/mol. The molecule has 0 bridgehead atoms. The lowest BCUT2D eigenvalue weighted by molar-refractivity contribution is 0.223. The largest absolute Gasteiger partial charge is 0.297 e. The fourth-order valence-electron chi connectivity index (χ4n) is 2.42. The molecule has 0 aliphatic heterocycles. The van der Waals surface area contributed by atoms with E-state index in [0.717, 1.165) is 18.8 Å². The lowest BCUT2D eigenvalue weighted by Gasteiger charge is -2.36. The molecule has 1 aliphatic carbocycles. The van der Waals surface area contributed by atoms with Crippen molar-refractivity contribution in [3.63, 3.8) is 0 Å². The van der Waals surface area contributed by atoms with Gasteiger partial charge in [-0.2, -0.15) is 5.26 Å². The van der Waals surface area contributed by atoms with Gasteiger partial charge in [-0.15, -0.1) is 0 Å². The van der Waals surface area contributed by atoms with E-state index in [1.165, 1.54) is 19.3 Å². The first-order valence-electron chi connectivity index (χ1n) is 5.81. The summed E-state index contributed by atoms with van der Waals surface area (Å²) in [4.78, 5) is 0. The van der Waals surface area contributed by atoms with E-state index in [2.05, 4.69) is 32.2 Å². The molecule has 0 spiro atoms. The zero-order valence-electron chi connectivity index (χ0n) is 9.64. The summed E-state index contributed by atoms with van der Waals surface area (Å²) in [6, 6.07) is 2.89. The van der Waals surface area contributed by atoms with Crippen molar-refractivity contribution in [2.75, 3.05) is 0 Å². The minimum absolute atomic E-state index is 0.222. The van der Waals surface area contributed by atoms with Crippen molar-refractivity contribution in [3.05, 3.63) is 0 Å². The average Bonchev–Trinajstić information content (AvgIpc) is 2.18. The average molecular weight is 194 g/mol. The standard InChI is InChI=1S/C12H22N2/c1-4-11-5-7-12(9-13,8-6-11)14-10(2)3/h10-11,14H,4-8H2,1-3H3. The van der Waals surface area contributed by atoms with Gasteiger partial charge < -0.3 is 0 Å². The Morgan fingerprint density at radius 3 is 2.36 bits per heavy atom. The van der Waals surface area contributed by atoms with Crippen LogP contribution in [0, 0.1) is 17.2 Å². The second-order valence-electron chi connectivity index (χ2n) is 4.84. The Balaban J connectivity index is 2.53. The van der Waals surface area contributed by atoms with Crippen LogP contribution in [0.3, 0.4) is 0 Å². The lowest BCUT2D eigenvalue weighted by atomic mass is 9.76. The van der Waals surface area contributed by atoms with Gasteiger partial charge in [-0.1, -0.05) is 13.3 Å². The van der Waals surface area contributed by atoms with Crippen LogP contribution in [0.25, 0.3) is 0 Å². The third-order valence-corrected chi connectivity index (χ3v) is 3.32. The summed E-state index contributed by atoms with van der Waals surface area (Å²) in [7, 11) is 0. The Morgan fingerprint density at radius 1 is 1.43 bits per heavy atom. The Bertz CT molecular complexity index is 207. The van der Waals surface area contributed by atoms with E-state index in [4.69, 9.17) is 0 Å². The van der Waals surface area contributed by atoms with Crippen LogP contribution in [0.2, 0.25) is 0 Å². The number of hydrogen-bond donors (Lipinski definition) is 1. The zero-order chi connectivity index (χ0) is 10.6. The molecule has 0 radical (unpaired) electrons. The van der Waals surface area contributed by atoms with Crippen LogP contribution in [0.4, 0.5) is 0 Å². The minimum atomic E-state index is -0.222. The third-order valence-electron chi connectivity index (χ3n) is 3.32. The van der Waals surface area contributed by atoms with Crippen molar-refractivity contribution in [1.82, 2.24) is 5.32 Å². The van der Waals surface area contributed by atoms with Gasteiger partial charge in [0.25, 0.3) is 0 Å². The zero-order valence-corrected chi connectivity index (χ0v) is 9.64. The third kappa shape index (κ3) is 2.72. The maximum absolute atomic E-state index is 9.24. The van der Waals surface area contributed by atoms with Crippen molar-refractivity contribution in [2.24, 2.45) is 5.92 Å². The molecule has 1 aliphatic rings. The van der Waals surface area contributed by atoms with Crippen LogP contribution < -0.4 is 5.32 Å². The highest BCUT2D eigenvalue weighted by Gasteiger charge is 2.34. The normalized spacial score (nSPS) is 32.9. The highest BCUT2D eigenvalue weighted by atomic mass is 15.0. The molecule has 0 saturated heterocycles. The van der Waals surface area contributed by atoms with Gasteiger partial charge in [-0.25, -0.2) is 0 Å². The van der Waals surface area contributed by atoms with Gasteiger partial charge in [0.05, 0.1) is 6.07 Å². The fourth-order valence-corrected chi connectivity index (χ4v) is 2.42. The van der Waals surface area contributed by atoms with Gasteiger partial charge in [-0.3, -0.25) is 5.32 Å². The Kier molecular flexibility index (Phi) is 3.95. The van der Waals surface area contributed by atoms with Crippen molar-refractivity contribution in [1.29, 1.82) is 5.26 Å². The summed E-state index contributed by atoms with van der Waals surface area (Å²) in [6.07, 6.45) is 5.75. The van der Waals surface area contributed by atoms with Gasteiger partial charge in [0.2, 0.25) is 0 Å². The highest BCUT2D eigenvalue weighted by molar-refractivity contribution is 5.09. The van der Waals surface area contributed by atoms with E-state index < -0.39 is 0 Å². The first-order chi connectivity index (χ1) is 6.62. The highest BCUT2D eigenvalue weighted by Crippen LogP contribution is 2.33. The summed E-state index contributed by atoms with van der Waals surface area (Å²) < 4.78 is 0. The molecule has 0 amide bonds. The van der Waals surface area contributed by atoms with E-state index in [9.17, 15) is 5.26 Å². The summed E-state index contributed by atoms with van der Waals surface area (Å²) in [5.41, 5.74) is -0.222. The quantitative estimate of drug-likeness (QED) is 0.750. The first-order valence-corrected chi connectivity index (χ1v) is 5.81.